The molecule has 1 saturated heterocycles. The van der Waals surface area contributed by atoms with E-state index in [9.17, 15) is 4.39 Å². The van der Waals surface area contributed by atoms with E-state index in [2.05, 4.69) is 5.32 Å². The van der Waals surface area contributed by atoms with Gasteiger partial charge < -0.3 is 11.1 Å². The van der Waals surface area contributed by atoms with Crippen molar-refractivity contribution in [3.8, 4) is 0 Å². The van der Waals surface area contributed by atoms with Gasteiger partial charge in [0.15, 0.2) is 0 Å². The van der Waals surface area contributed by atoms with Crippen molar-refractivity contribution < 1.29 is 4.39 Å². The molecule has 0 radical (unpaired) electrons. The zero-order valence-corrected chi connectivity index (χ0v) is 4.73. The third kappa shape index (κ3) is 0.980. The first kappa shape index (κ1) is 5.98. The first-order valence-corrected chi connectivity index (χ1v) is 2.87. The molecule has 0 aromatic rings. The van der Waals surface area contributed by atoms with Crippen molar-refractivity contribution in [2.45, 2.75) is 6.04 Å². The van der Waals surface area contributed by atoms with Gasteiger partial charge >= 0.3 is 0 Å². The van der Waals surface area contributed by atoms with E-state index >= 15 is 0 Å². The molecule has 0 spiro atoms. The highest BCUT2D eigenvalue weighted by Gasteiger charge is 2.22. The number of nitrogens with one attached hydrogen (secondary N) is 1. The monoisotopic (exact) mass is 118 g/mol. The van der Waals surface area contributed by atoms with Gasteiger partial charge in [0, 0.05) is 25.0 Å². The second-order valence-corrected chi connectivity index (χ2v) is 2.24. The maximum atomic E-state index is 11.8. The van der Waals surface area contributed by atoms with Gasteiger partial charge in [0.05, 0.1) is 6.67 Å². The van der Waals surface area contributed by atoms with Crippen LogP contribution in [0, 0.1) is 5.92 Å². The summed E-state index contributed by atoms with van der Waals surface area (Å²) in [6.07, 6.45) is 0. The predicted octanol–water partition coefficient (Wildman–Crippen LogP) is -0.497. The number of nitrogens with two attached hydrogens (primary N) is 1. The zero-order chi connectivity index (χ0) is 5.98. The zero-order valence-electron chi connectivity index (χ0n) is 4.73. The van der Waals surface area contributed by atoms with Crippen molar-refractivity contribution >= 4 is 0 Å². The minimum Gasteiger partial charge on any atom is -0.326 e. The fourth-order valence-electron chi connectivity index (χ4n) is 0.922. The average Bonchev–Trinajstić information content (AvgIpc) is 2.14. The summed E-state index contributed by atoms with van der Waals surface area (Å²) < 4.78 is 11.8. The SMILES string of the molecule is N[C@H]1CNCC1CF. The van der Waals surface area contributed by atoms with Gasteiger partial charge in [0.25, 0.3) is 0 Å². The van der Waals surface area contributed by atoms with Gasteiger partial charge in [-0.25, -0.2) is 0 Å². The topological polar surface area (TPSA) is 38.0 Å². The molecule has 0 aliphatic carbocycles. The van der Waals surface area contributed by atoms with Crippen LogP contribution in [0.3, 0.4) is 0 Å². The highest BCUT2D eigenvalue weighted by molar-refractivity contribution is 4.82. The third-order valence-electron chi connectivity index (χ3n) is 1.59. The molecule has 0 aromatic carbocycles. The van der Waals surface area contributed by atoms with E-state index < -0.39 is 0 Å². The normalized spacial score (nSPS) is 38.2. The number of halogens is 1. The van der Waals surface area contributed by atoms with Crippen molar-refractivity contribution in [1.82, 2.24) is 5.32 Å². The Morgan fingerprint density at radius 3 is 2.62 bits per heavy atom. The predicted molar refractivity (Wildman–Crippen MR) is 30.3 cm³/mol. The molecule has 2 atom stereocenters. The molecule has 1 rings (SSSR count). The van der Waals surface area contributed by atoms with Crippen molar-refractivity contribution in [2.24, 2.45) is 11.7 Å². The van der Waals surface area contributed by atoms with E-state index in [-0.39, 0.29) is 18.6 Å². The van der Waals surface area contributed by atoms with E-state index in [0.717, 1.165) is 13.1 Å². The Balaban J connectivity index is 2.30. The van der Waals surface area contributed by atoms with Crippen LogP contribution in [0.4, 0.5) is 4.39 Å². The van der Waals surface area contributed by atoms with Gasteiger partial charge in [-0.15, -0.1) is 0 Å². The van der Waals surface area contributed by atoms with Gasteiger partial charge in [0.2, 0.25) is 0 Å². The lowest BCUT2D eigenvalue weighted by Crippen LogP contribution is -2.29. The van der Waals surface area contributed by atoms with E-state index in [1.807, 2.05) is 0 Å². The molecule has 3 heteroatoms. The van der Waals surface area contributed by atoms with Gasteiger partial charge in [-0.1, -0.05) is 0 Å². The molecule has 8 heavy (non-hydrogen) atoms. The fraction of sp³-hybridized carbons (Fsp3) is 1.00. The van der Waals surface area contributed by atoms with Crippen LogP contribution in [0.25, 0.3) is 0 Å². The molecule has 48 valence electrons. The minimum atomic E-state index is -0.284. The summed E-state index contributed by atoms with van der Waals surface area (Å²) in [6.45, 7) is 1.24. The van der Waals surface area contributed by atoms with Gasteiger partial charge in [-0.3, -0.25) is 4.39 Å². The van der Waals surface area contributed by atoms with Gasteiger partial charge in [0.1, 0.15) is 0 Å². The Hall–Kier alpha value is -0.150. The van der Waals surface area contributed by atoms with Crippen molar-refractivity contribution in [3.05, 3.63) is 0 Å². The summed E-state index contributed by atoms with van der Waals surface area (Å²) in [5.41, 5.74) is 5.49. The Labute approximate surface area is 48.2 Å². The molecule has 1 unspecified atom stereocenters. The Morgan fingerprint density at radius 1 is 1.62 bits per heavy atom. The number of hydrogen-bond donors (Lipinski definition) is 2. The second-order valence-electron chi connectivity index (χ2n) is 2.24. The summed E-state index contributed by atoms with van der Waals surface area (Å²) >= 11 is 0. The largest absolute Gasteiger partial charge is 0.326 e. The first-order valence-electron chi connectivity index (χ1n) is 2.87. The van der Waals surface area contributed by atoms with Crippen LogP contribution >= 0.6 is 0 Å². The molecular weight excluding hydrogens is 107 g/mol. The van der Waals surface area contributed by atoms with Crippen LogP contribution in [-0.2, 0) is 0 Å². The highest BCUT2D eigenvalue weighted by atomic mass is 19.1. The van der Waals surface area contributed by atoms with Crippen LogP contribution in [-0.4, -0.2) is 25.8 Å². The summed E-state index contributed by atoms with van der Waals surface area (Å²) in [5.74, 6) is 0.0648. The standard InChI is InChI=1S/C5H11FN2/c6-1-4-2-8-3-5(4)7/h4-5,8H,1-3,7H2/t4?,5-/m0/s1. The quantitative estimate of drug-likeness (QED) is 0.487. The molecule has 0 amide bonds. The third-order valence-corrected chi connectivity index (χ3v) is 1.59. The number of alkyl halides is 1. The van der Waals surface area contributed by atoms with Gasteiger partial charge in [-0.05, 0) is 0 Å². The number of rotatable bonds is 1. The van der Waals surface area contributed by atoms with E-state index in [1.165, 1.54) is 0 Å². The molecule has 3 N–H and O–H groups in total. The molecular formula is C5H11FN2. The molecule has 1 heterocycles. The minimum absolute atomic E-state index is 0.0417. The summed E-state index contributed by atoms with van der Waals surface area (Å²) in [5, 5.41) is 3.01. The van der Waals surface area contributed by atoms with E-state index in [1.54, 1.807) is 0 Å². The van der Waals surface area contributed by atoms with E-state index in [0.29, 0.717) is 0 Å². The van der Waals surface area contributed by atoms with Crippen molar-refractivity contribution in [1.29, 1.82) is 0 Å². The molecule has 0 bridgehead atoms. The Kier molecular flexibility index (Phi) is 1.81. The van der Waals surface area contributed by atoms with Gasteiger partial charge in [-0.2, -0.15) is 0 Å². The smallest absolute Gasteiger partial charge is 0.0950 e. The maximum Gasteiger partial charge on any atom is 0.0950 e. The Bertz CT molecular complexity index is 76.8. The van der Waals surface area contributed by atoms with Crippen molar-refractivity contribution in [3.63, 3.8) is 0 Å². The fourth-order valence-corrected chi connectivity index (χ4v) is 0.922. The second kappa shape index (κ2) is 2.42. The molecule has 0 saturated carbocycles. The summed E-state index contributed by atoms with van der Waals surface area (Å²) in [4.78, 5) is 0. The Morgan fingerprint density at radius 2 is 2.38 bits per heavy atom. The average molecular weight is 118 g/mol. The lowest BCUT2D eigenvalue weighted by Gasteiger charge is -2.06. The van der Waals surface area contributed by atoms with Crippen LogP contribution < -0.4 is 11.1 Å². The molecule has 2 nitrogen and oxygen atoms in total. The van der Waals surface area contributed by atoms with E-state index in [4.69, 9.17) is 5.73 Å². The molecule has 1 aliphatic heterocycles. The van der Waals surface area contributed by atoms with Crippen LogP contribution in [0.2, 0.25) is 0 Å². The maximum absolute atomic E-state index is 11.8. The van der Waals surface area contributed by atoms with Crippen LogP contribution in [0.5, 0.6) is 0 Å². The number of hydrogen-bond acceptors (Lipinski definition) is 2. The highest BCUT2D eigenvalue weighted by Crippen LogP contribution is 2.05. The summed E-state index contributed by atoms with van der Waals surface area (Å²) in [6, 6.07) is 0.0417. The van der Waals surface area contributed by atoms with Crippen LogP contribution in [0.15, 0.2) is 0 Å². The lowest BCUT2D eigenvalue weighted by molar-refractivity contribution is 0.358. The van der Waals surface area contributed by atoms with Crippen molar-refractivity contribution in [2.75, 3.05) is 19.8 Å². The molecule has 0 aromatic heterocycles. The first-order chi connectivity index (χ1) is 3.84. The van der Waals surface area contributed by atoms with Crippen LogP contribution in [0.1, 0.15) is 0 Å². The molecule has 1 aliphatic rings. The lowest BCUT2D eigenvalue weighted by atomic mass is 10.1. The molecule has 1 fully saturated rings. The summed E-state index contributed by atoms with van der Waals surface area (Å²) in [7, 11) is 0.